The van der Waals surface area contributed by atoms with Gasteiger partial charge < -0.3 is 0 Å². The number of aryl methyl sites for hydroxylation is 1. The lowest BCUT2D eigenvalue weighted by atomic mass is 10.1. The number of carbonyl (C=O) groups is 1. The van der Waals surface area contributed by atoms with E-state index in [4.69, 9.17) is 0 Å². The minimum absolute atomic E-state index is 0.141. The SMILES string of the molecule is Cn1nccc1C=C1Cc2ccccc2C1=O. The lowest BCUT2D eigenvalue weighted by Gasteiger charge is -1.97. The molecule has 84 valence electrons. The van der Waals surface area contributed by atoms with Gasteiger partial charge in [0.2, 0.25) is 0 Å². The van der Waals surface area contributed by atoms with Crippen LogP contribution in [0.5, 0.6) is 0 Å². The van der Waals surface area contributed by atoms with Crippen LogP contribution in [0, 0.1) is 0 Å². The molecule has 1 aliphatic rings. The van der Waals surface area contributed by atoms with Gasteiger partial charge in [0, 0.05) is 30.8 Å². The van der Waals surface area contributed by atoms with Crippen molar-refractivity contribution in [3.8, 4) is 0 Å². The molecule has 3 nitrogen and oxygen atoms in total. The Bertz CT molecular complexity index is 623. The number of allylic oxidation sites excluding steroid dienone is 1. The molecule has 2 aromatic rings. The fraction of sp³-hybridized carbons (Fsp3) is 0.143. The van der Waals surface area contributed by atoms with Gasteiger partial charge in [-0.05, 0) is 17.7 Å². The Morgan fingerprint density at radius 1 is 1.29 bits per heavy atom. The van der Waals surface area contributed by atoms with Crippen LogP contribution < -0.4 is 0 Å². The third kappa shape index (κ3) is 1.60. The second kappa shape index (κ2) is 3.70. The smallest absolute Gasteiger partial charge is 0.189 e. The maximum atomic E-state index is 12.1. The van der Waals surface area contributed by atoms with E-state index in [1.165, 1.54) is 0 Å². The standard InChI is InChI=1S/C14H12N2O/c1-16-12(6-7-15-16)9-11-8-10-4-2-3-5-13(10)14(11)17/h2-7,9H,8H2,1H3. The molecule has 0 N–H and O–H groups in total. The van der Waals surface area contributed by atoms with Gasteiger partial charge in [0.15, 0.2) is 5.78 Å². The molecule has 0 radical (unpaired) electrons. The van der Waals surface area contributed by atoms with E-state index in [2.05, 4.69) is 5.10 Å². The number of fused-ring (bicyclic) bond motifs is 1. The summed E-state index contributed by atoms with van der Waals surface area (Å²) in [6.45, 7) is 0. The van der Waals surface area contributed by atoms with Crippen LogP contribution in [0.3, 0.4) is 0 Å². The maximum Gasteiger partial charge on any atom is 0.189 e. The first kappa shape index (κ1) is 10.0. The van der Waals surface area contributed by atoms with Gasteiger partial charge in [-0.3, -0.25) is 9.48 Å². The molecular formula is C14H12N2O. The Hall–Kier alpha value is -2.16. The van der Waals surface area contributed by atoms with Gasteiger partial charge in [-0.1, -0.05) is 24.3 Å². The highest BCUT2D eigenvalue weighted by molar-refractivity contribution is 6.15. The summed E-state index contributed by atoms with van der Waals surface area (Å²) in [6, 6.07) is 9.69. The number of nitrogens with zero attached hydrogens (tertiary/aromatic N) is 2. The summed E-state index contributed by atoms with van der Waals surface area (Å²) >= 11 is 0. The van der Waals surface area contributed by atoms with Crippen molar-refractivity contribution in [3.05, 3.63) is 58.9 Å². The first-order chi connectivity index (χ1) is 8.25. The summed E-state index contributed by atoms with van der Waals surface area (Å²) in [7, 11) is 1.87. The second-order valence-electron chi connectivity index (χ2n) is 4.21. The third-order valence-corrected chi connectivity index (χ3v) is 3.12. The highest BCUT2D eigenvalue weighted by Crippen LogP contribution is 2.27. The predicted molar refractivity (Wildman–Crippen MR) is 65.7 cm³/mol. The first-order valence-corrected chi connectivity index (χ1v) is 5.57. The Kier molecular flexibility index (Phi) is 2.18. The summed E-state index contributed by atoms with van der Waals surface area (Å²) in [4.78, 5) is 12.1. The molecule has 17 heavy (non-hydrogen) atoms. The largest absolute Gasteiger partial charge is 0.289 e. The molecule has 0 atom stereocenters. The van der Waals surface area contributed by atoms with Crippen molar-refractivity contribution in [2.24, 2.45) is 7.05 Å². The number of hydrogen-bond donors (Lipinski definition) is 0. The molecular weight excluding hydrogens is 212 g/mol. The molecule has 1 aromatic heterocycles. The van der Waals surface area contributed by atoms with Crippen molar-refractivity contribution in [3.63, 3.8) is 0 Å². The van der Waals surface area contributed by atoms with Crippen LogP contribution >= 0.6 is 0 Å². The van der Waals surface area contributed by atoms with E-state index in [1.54, 1.807) is 10.9 Å². The van der Waals surface area contributed by atoms with E-state index in [9.17, 15) is 4.79 Å². The highest BCUT2D eigenvalue weighted by atomic mass is 16.1. The van der Waals surface area contributed by atoms with Crippen molar-refractivity contribution in [2.75, 3.05) is 0 Å². The molecule has 0 fully saturated rings. The fourth-order valence-electron chi connectivity index (χ4n) is 2.18. The maximum absolute atomic E-state index is 12.1. The zero-order chi connectivity index (χ0) is 11.8. The highest BCUT2D eigenvalue weighted by Gasteiger charge is 2.24. The van der Waals surface area contributed by atoms with Crippen molar-refractivity contribution in [2.45, 2.75) is 6.42 Å². The Morgan fingerprint density at radius 2 is 2.12 bits per heavy atom. The topological polar surface area (TPSA) is 34.9 Å². The fourth-order valence-corrected chi connectivity index (χ4v) is 2.18. The molecule has 0 aliphatic heterocycles. The van der Waals surface area contributed by atoms with E-state index in [0.717, 1.165) is 28.8 Å². The second-order valence-corrected chi connectivity index (χ2v) is 4.21. The molecule has 3 rings (SSSR count). The van der Waals surface area contributed by atoms with Crippen LogP contribution in [0.25, 0.3) is 6.08 Å². The van der Waals surface area contributed by atoms with Crippen LogP contribution in [-0.2, 0) is 13.5 Å². The molecule has 0 unspecified atom stereocenters. The minimum atomic E-state index is 0.141. The lowest BCUT2D eigenvalue weighted by Crippen LogP contribution is -1.98. The van der Waals surface area contributed by atoms with Gasteiger partial charge >= 0.3 is 0 Å². The van der Waals surface area contributed by atoms with E-state index in [0.29, 0.717) is 0 Å². The monoisotopic (exact) mass is 224 g/mol. The normalized spacial score (nSPS) is 16.5. The number of Topliss-reactive ketones (excluding diaryl/α,β-unsaturated/α-hetero) is 1. The van der Waals surface area contributed by atoms with Crippen molar-refractivity contribution < 1.29 is 4.79 Å². The van der Waals surface area contributed by atoms with Crippen LogP contribution in [0.1, 0.15) is 21.6 Å². The molecule has 1 aromatic carbocycles. The Morgan fingerprint density at radius 3 is 2.82 bits per heavy atom. The van der Waals surface area contributed by atoms with Gasteiger partial charge in [-0.25, -0.2) is 0 Å². The van der Waals surface area contributed by atoms with Crippen LogP contribution in [0.2, 0.25) is 0 Å². The third-order valence-electron chi connectivity index (χ3n) is 3.12. The number of rotatable bonds is 1. The van der Waals surface area contributed by atoms with Crippen molar-refractivity contribution >= 4 is 11.9 Å². The van der Waals surface area contributed by atoms with Gasteiger partial charge in [0.1, 0.15) is 0 Å². The Balaban J connectivity index is 2.02. The molecule has 1 heterocycles. The van der Waals surface area contributed by atoms with Gasteiger partial charge in [-0.2, -0.15) is 5.10 Å². The van der Waals surface area contributed by atoms with E-state index < -0.39 is 0 Å². The summed E-state index contributed by atoms with van der Waals surface area (Å²) in [5.74, 6) is 0.141. The molecule has 3 heteroatoms. The minimum Gasteiger partial charge on any atom is -0.289 e. The number of hydrogen-bond acceptors (Lipinski definition) is 2. The predicted octanol–water partition coefficient (Wildman–Crippen LogP) is 2.24. The van der Waals surface area contributed by atoms with Crippen LogP contribution in [0.4, 0.5) is 0 Å². The van der Waals surface area contributed by atoms with Crippen molar-refractivity contribution in [1.29, 1.82) is 0 Å². The van der Waals surface area contributed by atoms with Gasteiger partial charge in [0.25, 0.3) is 0 Å². The zero-order valence-electron chi connectivity index (χ0n) is 9.55. The lowest BCUT2D eigenvalue weighted by molar-refractivity contribution is 0.104. The molecule has 1 aliphatic carbocycles. The number of aromatic nitrogens is 2. The summed E-state index contributed by atoms with van der Waals surface area (Å²) in [5.41, 5.74) is 3.75. The quantitative estimate of drug-likeness (QED) is 0.696. The number of benzene rings is 1. The average molecular weight is 224 g/mol. The average Bonchev–Trinajstić information content (AvgIpc) is 2.87. The van der Waals surface area contributed by atoms with E-state index in [1.807, 2.05) is 43.5 Å². The van der Waals surface area contributed by atoms with Crippen molar-refractivity contribution in [1.82, 2.24) is 9.78 Å². The molecule has 0 bridgehead atoms. The zero-order valence-corrected chi connectivity index (χ0v) is 9.55. The van der Waals surface area contributed by atoms with Crippen LogP contribution in [0.15, 0.2) is 42.1 Å². The Labute approximate surface area is 99.4 Å². The van der Waals surface area contributed by atoms with Crippen LogP contribution in [-0.4, -0.2) is 15.6 Å². The summed E-state index contributed by atoms with van der Waals surface area (Å²) < 4.78 is 1.77. The number of carbonyl (C=O) groups excluding carboxylic acids is 1. The molecule has 0 saturated heterocycles. The van der Waals surface area contributed by atoms with Gasteiger partial charge in [0.05, 0.1) is 5.69 Å². The summed E-state index contributed by atoms with van der Waals surface area (Å²) in [5, 5.41) is 4.09. The first-order valence-electron chi connectivity index (χ1n) is 5.57. The molecule has 0 saturated carbocycles. The number of ketones is 1. The van der Waals surface area contributed by atoms with E-state index >= 15 is 0 Å². The molecule has 0 amide bonds. The van der Waals surface area contributed by atoms with Gasteiger partial charge in [-0.15, -0.1) is 0 Å². The summed E-state index contributed by atoms with van der Waals surface area (Å²) in [6.07, 6.45) is 4.38. The van der Waals surface area contributed by atoms with E-state index in [-0.39, 0.29) is 5.78 Å². The molecule has 0 spiro atoms.